The Morgan fingerprint density at radius 1 is 1.22 bits per heavy atom. The minimum absolute atomic E-state index is 0.105. The highest BCUT2D eigenvalue weighted by molar-refractivity contribution is 5.83. The zero-order chi connectivity index (χ0) is 22.7. The van der Waals surface area contributed by atoms with Crippen molar-refractivity contribution in [2.45, 2.75) is 71.1 Å². The van der Waals surface area contributed by atoms with Gasteiger partial charge in [0.05, 0.1) is 6.04 Å². The summed E-state index contributed by atoms with van der Waals surface area (Å²) in [4.78, 5) is 20.9. The maximum atomic E-state index is 11.4. The van der Waals surface area contributed by atoms with Crippen molar-refractivity contribution in [1.29, 1.82) is 0 Å². The lowest BCUT2D eigenvalue weighted by Gasteiger charge is -2.26. The van der Waals surface area contributed by atoms with Crippen LogP contribution >= 0.6 is 0 Å². The standard InChI is InChI=1S/C22H30N8O2/c1-13(2)30-21-19(28-29-30)20(24-12-15-6-4-5-7-18(15)32-14(3)31)26-22(27-21)25-17-10-8-16(23)9-11-17/h4-7,13,16-17H,8-12,23H2,1-3H3,(H2,24,25,26,27). The van der Waals surface area contributed by atoms with Crippen LogP contribution in [0.3, 0.4) is 0 Å². The molecule has 10 heteroatoms. The molecule has 4 rings (SSSR count). The lowest BCUT2D eigenvalue weighted by atomic mass is 9.92. The Balaban J connectivity index is 1.62. The molecule has 2 heterocycles. The number of fused-ring (bicyclic) bond motifs is 1. The Bertz CT molecular complexity index is 1090. The Kier molecular flexibility index (Phi) is 6.50. The molecule has 1 aliphatic rings. The number of carbonyl (C=O) groups excluding carboxylic acids is 1. The number of rotatable bonds is 7. The minimum Gasteiger partial charge on any atom is -0.426 e. The average molecular weight is 439 g/mol. The highest BCUT2D eigenvalue weighted by Gasteiger charge is 2.21. The third-order valence-corrected chi connectivity index (χ3v) is 5.59. The highest BCUT2D eigenvalue weighted by Crippen LogP contribution is 2.26. The van der Waals surface area contributed by atoms with E-state index in [1.165, 1.54) is 6.92 Å². The molecule has 0 aliphatic heterocycles. The largest absolute Gasteiger partial charge is 0.426 e. The number of nitrogens with one attached hydrogen (secondary N) is 2. The van der Waals surface area contributed by atoms with Crippen molar-refractivity contribution in [2.75, 3.05) is 10.6 Å². The van der Waals surface area contributed by atoms with Crippen LogP contribution in [-0.2, 0) is 11.3 Å². The number of nitrogens with two attached hydrogens (primary N) is 1. The van der Waals surface area contributed by atoms with Gasteiger partial charge in [0.15, 0.2) is 17.0 Å². The maximum Gasteiger partial charge on any atom is 0.308 e. The fourth-order valence-corrected chi connectivity index (χ4v) is 3.90. The smallest absolute Gasteiger partial charge is 0.308 e. The predicted octanol–water partition coefficient (Wildman–Crippen LogP) is 3.02. The molecule has 0 radical (unpaired) electrons. The molecule has 0 atom stereocenters. The summed E-state index contributed by atoms with van der Waals surface area (Å²) in [6, 6.07) is 8.06. The normalized spacial score (nSPS) is 18.7. The maximum absolute atomic E-state index is 11.4. The van der Waals surface area contributed by atoms with E-state index >= 15 is 0 Å². The number of anilines is 2. The van der Waals surface area contributed by atoms with Crippen LogP contribution in [0.1, 0.15) is 58.1 Å². The minimum atomic E-state index is -0.361. The molecule has 32 heavy (non-hydrogen) atoms. The molecule has 10 nitrogen and oxygen atoms in total. The molecule has 0 spiro atoms. The molecule has 0 amide bonds. The van der Waals surface area contributed by atoms with Crippen LogP contribution in [0.5, 0.6) is 5.75 Å². The van der Waals surface area contributed by atoms with E-state index in [9.17, 15) is 4.79 Å². The lowest BCUT2D eigenvalue weighted by Crippen LogP contribution is -2.33. The number of carbonyl (C=O) groups is 1. The van der Waals surface area contributed by atoms with E-state index in [-0.39, 0.29) is 24.1 Å². The van der Waals surface area contributed by atoms with Gasteiger partial charge in [0.25, 0.3) is 0 Å². The first-order valence-electron chi connectivity index (χ1n) is 11.1. The van der Waals surface area contributed by atoms with E-state index < -0.39 is 0 Å². The number of para-hydroxylation sites is 1. The number of nitrogens with zero attached hydrogens (tertiary/aromatic N) is 5. The fraction of sp³-hybridized carbons (Fsp3) is 0.500. The molecule has 1 aromatic carbocycles. The molecule has 1 aliphatic carbocycles. The Labute approximate surface area is 186 Å². The fourth-order valence-electron chi connectivity index (χ4n) is 3.90. The Morgan fingerprint density at radius 3 is 2.69 bits per heavy atom. The summed E-state index contributed by atoms with van der Waals surface area (Å²) < 4.78 is 7.11. The molecular formula is C22H30N8O2. The van der Waals surface area contributed by atoms with Crippen molar-refractivity contribution < 1.29 is 9.53 Å². The summed E-state index contributed by atoms with van der Waals surface area (Å²) in [5, 5.41) is 15.4. The summed E-state index contributed by atoms with van der Waals surface area (Å²) in [5.74, 6) is 1.27. The van der Waals surface area contributed by atoms with Gasteiger partial charge < -0.3 is 21.1 Å². The topological polar surface area (TPSA) is 133 Å². The molecular weight excluding hydrogens is 408 g/mol. The molecule has 3 aromatic rings. The summed E-state index contributed by atoms with van der Waals surface area (Å²) in [5.41, 5.74) is 8.14. The van der Waals surface area contributed by atoms with Crippen molar-refractivity contribution >= 4 is 28.9 Å². The monoisotopic (exact) mass is 438 g/mol. The van der Waals surface area contributed by atoms with Crippen LogP contribution in [0.2, 0.25) is 0 Å². The van der Waals surface area contributed by atoms with E-state index in [1.54, 1.807) is 10.7 Å². The second-order valence-corrected chi connectivity index (χ2v) is 8.51. The number of ether oxygens (including phenoxy) is 1. The predicted molar refractivity (Wildman–Crippen MR) is 122 cm³/mol. The van der Waals surface area contributed by atoms with Gasteiger partial charge in [0.2, 0.25) is 5.95 Å². The van der Waals surface area contributed by atoms with Gasteiger partial charge in [-0.2, -0.15) is 9.97 Å². The number of hydrogen-bond donors (Lipinski definition) is 3. The van der Waals surface area contributed by atoms with Crippen LogP contribution in [0, 0.1) is 0 Å². The third-order valence-electron chi connectivity index (χ3n) is 5.59. The number of aromatic nitrogens is 5. The van der Waals surface area contributed by atoms with Gasteiger partial charge in [-0.05, 0) is 45.6 Å². The average Bonchev–Trinajstić information content (AvgIpc) is 3.19. The zero-order valence-corrected chi connectivity index (χ0v) is 18.7. The van der Waals surface area contributed by atoms with E-state index in [0.29, 0.717) is 35.2 Å². The van der Waals surface area contributed by atoms with E-state index in [0.717, 1.165) is 31.2 Å². The van der Waals surface area contributed by atoms with Crippen LogP contribution in [0.4, 0.5) is 11.8 Å². The van der Waals surface area contributed by atoms with Gasteiger partial charge in [-0.15, -0.1) is 5.10 Å². The number of hydrogen-bond acceptors (Lipinski definition) is 9. The van der Waals surface area contributed by atoms with Crippen LogP contribution < -0.4 is 21.1 Å². The van der Waals surface area contributed by atoms with Crippen molar-refractivity contribution in [3.63, 3.8) is 0 Å². The van der Waals surface area contributed by atoms with Gasteiger partial charge in [-0.25, -0.2) is 4.68 Å². The molecule has 1 fully saturated rings. The summed E-state index contributed by atoms with van der Waals surface area (Å²) in [6.45, 7) is 5.86. The number of benzene rings is 1. The zero-order valence-electron chi connectivity index (χ0n) is 18.7. The Morgan fingerprint density at radius 2 is 1.97 bits per heavy atom. The molecule has 170 valence electrons. The highest BCUT2D eigenvalue weighted by atomic mass is 16.5. The van der Waals surface area contributed by atoms with E-state index in [1.807, 2.05) is 32.0 Å². The second-order valence-electron chi connectivity index (χ2n) is 8.51. The van der Waals surface area contributed by atoms with Crippen LogP contribution in [0.25, 0.3) is 11.2 Å². The third kappa shape index (κ3) is 4.96. The van der Waals surface area contributed by atoms with Crippen molar-refractivity contribution in [3.8, 4) is 5.75 Å². The van der Waals surface area contributed by atoms with E-state index in [2.05, 4.69) is 20.9 Å². The van der Waals surface area contributed by atoms with Gasteiger partial charge in [0, 0.05) is 31.1 Å². The van der Waals surface area contributed by atoms with Crippen molar-refractivity contribution in [3.05, 3.63) is 29.8 Å². The number of esters is 1. The molecule has 0 saturated heterocycles. The molecule has 2 aromatic heterocycles. The first-order valence-corrected chi connectivity index (χ1v) is 11.1. The first-order chi connectivity index (χ1) is 15.4. The molecule has 1 saturated carbocycles. The SMILES string of the molecule is CC(=O)Oc1ccccc1CNc1nc(NC2CCC(N)CC2)nc2c1nnn2C(C)C. The van der Waals surface area contributed by atoms with Crippen molar-refractivity contribution in [1.82, 2.24) is 25.0 Å². The van der Waals surface area contributed by atoms with E-state index in [4.69, 9.17) is 20.4 Å². The van der Waals surface area contributed by atoms with Gasteiger partial charge >= 0.3 is 5.97 Å². The van der Waals surface area contributed by atoms with Gasteiger partial charge in [-0.1, -0.05) is 23.4 Å². The van der Waals surface area contributed by atoms with Crippen LogP contribution in [0.15, 0.2) is 24.3 Å². The second kappa shape index (κ2) is 9.47. The lowest BCUT2D eigenvalue weighted by molar-refractivity contribution is -0.131. The summed E-state index contributed by atoms with van der Waals surface area (Å²) in [6.07, 6.45) is 3.96. The molecule has 4 N–H and O–H groups in total. The molecule has 0 bridgehead atoms. The molecule has 0 unspecified atom stereocenters. The summed E-state index contributed by atoms with van der Waals surface area (Å²) in [7, 11) is 0. The quantitative estimate of drug-likeness (QED) is 0.376. The van der Waals surface area contributed by atoms with Gasteiger partial charge in [-0.3, -0.25) is 4.79 Å². The first kappa shape index (κ1) is 21.9. The van der Waals surface area contributed by atoms with Crippen molar-refractivity contribution in [2.24, 2.45) is 5.73 Å². The Hall–Kier alpha value is -3.27. The van der Waals surface area contributed by atoms with Gasteiger partial charge in [0.1, 0.15) is 5.75 Å². The summed E-state index contributed by atoms with van der Waals surface area (Å²) >= 11 is 0. The van der Waals surface area contributed by atoms with Crippen LogP contribution in [-0.4, -0.2) is 43.0 Å².